The molecule has 3 rings (SSSR count). The Morgan fingerprint density at radius 2 is 1.74 bits per heavy atom. The van der Waals surface area contributed by atoms with Crippen LogP contribution in [0.2, 0.25) is 0 Å². The van der Waals surface area contributed by atoms with E-state index >= 15 is 0 Å². The Morgan fingerprint density at radius 1 is 0.963 bits per heavy atom. The molecule has 6 nitrogen and oxygen atoms in total. The lowest BCUT2D eigenvalue weighted by molar-refractivity contribution is 0.354. The Hall–Kier alpha value is -2.90. The van der Waals surface area contributed by atoms with Gasteiger partial charge in [-0.15, -0.1) is 0 Å². The number of methoxy groups -OCH3 is 2. The predicted molar refractivity (Wildman–Crippen MR) is 103 cm³/mol. The van der Waals surface area contributed by atoms with Gasteiger partial charge in [0.2, 0.25) is 10.0 Å². The average molecular weight is 384 g/mol. The lowest BCUT2D eigenvalue weighted by atomic mass is 10.0. The van der Waals surface area contributed by atoms with Crippen molar-refractivity contribution in [2.24, 2.45) is 0 Å². The number of benzene rings is 2. The van der Waals surface area contributed by atoms with Crippen LogP contribution >= 0.6 is 0 Å². The van der Waals surface area contributed by atoms with Crippen LogP contribution < -0.4 is 14.2 Å². The summed E-state index contributed by atoms with van der Waals surface area (Å²) >= 11 is 0. The highest BCUT2D eigenvalue weighted by Gasteiger charge is 2.17. The van der Waals surface area contributed by atoms with E-state index in [1.165, 1.54) is 26.4 Å². The van der Waals surface area contributed by atoms with Crippen molar-refractivity contribution in [1.29, 1.82) is 0 Å². The van der Waals surface area contributed by atoms with Crippen molar-refractivity contribution < 1.29 is 17.9 Å². The highest BCUT2D eigenvalue weighted by molar-refractivity contribution is 7.89. The minimum atomic E-state index is -3.72. The number of nitrogens with zero attached hydrogens (tertiary/aromatic N) is 1. The molecule has 1 N–H and O–H groups in total. The molecule has 1 aromatic heterocycles. The zero-order chi connectivity index (χ0) is 19.3. The summed E-state index contributed by atoms with van der Waals surface area (Å²) in [4.78, 5) is 4.24. The molecule has 2 aromatic carbocycles. The van der Waals surface area contributed by atoms with Gasteiger partial charge in [-0.2, -0.15) is 0 Å². The summed E-state index contributed by atoms with van der Waals surface area (Å²) in [6, 6.07) is 15.9. The van der Waals surface area contributed by atoms with Gasteiger partial charge in [-0.05, 0) is 29.3 Å². The van der Waals surface area contributed by atoms with E-state index in [1.54, 1.807) is 18.5 Å². The summed E-state index contributed by atoms with van der Waals surface area (Å²) in [5, 5.41) is 0. The van der Waals surface area contributed by atoms with Gasteiger partial charge in [-0.25, -0.2) is 13.1 Å². The summed E-state index contributed by atoms with van der Waals surface area (Å²) in [5.74, 6) is 0.828. The van der Waals surface area contributed by atoms with E-state index in [4.69, 9.17) is 9.47 Å². The van der Waals surface area contributed by atoms with Crippen LogP contribution in [0.15, 0.2) is 71.9 Å². The fraction of sp³-hybridized carbons (Fsp3) is 0.150. The van der Waals surface area contributed by atoms with Gasteiger partial charge < -0.3 is 9.47 Å². The molecule has 0 atom stereocenters. The average Bonchev–Trinajstić information content (AvgIpc) is 2.72. The summed E-state index contributed by atoms with van der Waals surface area (Å²) in [6.07, 6.45) is 3.45. The first-order valence-electron chi connectivity index (χ1n) is 8.25. The molecule has 0 unspecified atom stereocenters. The zero-order valence-corrected chi connectivity index (χ0v) is 15.9. The molecule has 27 heavy (non-hydrogen) atoms. The van der Waals surface area contributed by atoms with Gasteiger partial charge in [0.05, 0.1) is 19.1 Å². The summed E-state index contributed by atoms with van der Waals surface area (Å²) in [5.41, 5.74) is 2.72. The third kappa shape index (κ3) is 4.27. The highest BCUT2D eigenvalue weighted by Crippen LogP contribution is 2.29. The fourth-order valence-electron chi connectivity index (χ4n) is 2.72. The molecule has 0 amide bonds. The van der Waals surface area contributed by atoms with Crippen LogP contribution in [0, 0.1) is 0 Å². The number of hydrogen-bond donors (Lipinski definition) is 1. The smallest absolute Gasteiger partial charge is 0.241 e. The normalized spacial score (nSPS) is 11.2. The largest absolute Gasteiger partial charge is 0.493 e. The first kappa shape index (κ1) is 18.9. The highest BCUT2D eigenvalue weighted by atomic mass is 32.2. The van der Waals surface area contributed by atoms with Crippen LogP contribution in [0.5, 0.6) is 11.5 Å². The predicted octanol–water partition coefficient (Wildman–Crippen LogP) is 3.24. The van der Waals surface area contributed by atoms with E-state index in [0.717, 1.165) is 16.7 Å². The number of hydrogen-bond acceptors (Lipinski definition) is 5. The molecule has 0 radical (unpaired) electrons. The molecule has 0 aliphatic heterocycles. The molecule has 0 saturated heterocycles. The third-order valence-electron chi connectivity index (χ3n) is 4.11. The van der Waals surface area contributed by atoms with E-state index in [0.29, 0.717) is 11.5 Å². The van der Waals surface area contributed by atoms with Crippen molar-refractivity contribution in [1.82, 2.24) is 9.71 Å². The van der Waals surface area contributed by atoms with Gasteiger partial charge >= 0.3 is 0 Å². The van der Waals surface area contributed by atoms with Crippen LogP contribution in [-0.2, 0) is 16.6 Å². The Balaban J connectivity index is 1.85. The Morgan fingerprint density at radius 3 is 2.44 bits per heavy atom. The van der Waals surface area contributed by atoms with Gasteiger partial charge in [0.25, 0.3) is 0 Å². The van der Waals surface area contributed by atoms with Crippen LogP contribution in [0.3, 0.4) is 0 Å². The Bertz CT molecular complexity index is 1020. The minimum absolute atomic E-state index is 0.110. The van der Waals surface area contributed by atoms with Crippen molar-refractivity contribution in [3.8, 4) is 22.6 Å². The van der Waals surface area contributed by atoms with Crippen LogP contribution in [0.4, 0.5) is 0 Å². The molecule has 7 heteroatoms. The molecular weight excluding hydrogens is 364 g/mol. The maximum atomic E-state index is 12.7. The molecule has 0 aliphatic carbocycles. The molecule has 3 aromatic rings. The number of rotatable bonds is 7. The van der Waals surface area contributed by atoms with Crippen molar-refractivity contribution in [3.63, 3.8) is 0 Å². The molecular formula is C20H20N2O4S. The molecule has 0 aliphatic rings. The van der Waals surface area contributed by atoms with E-state index in [1.807, 2.05) is 36.4 Å². The SMILES string of the molecule is COc1ccc(S(=O)(=O)NCc2ccccc2-c2cccnc2)cc1OC. The van der Waals surface area contributed by atoms with Gasteiger partial charge in [-0.1, -0.05) is 30.3 Å². The Labute approximate surface area is 158 Å². The quantitative estimate of drug-likeness (QED) is 0.677. The Kier molecular flexibility index (Phi) is 5.73. The number of ether oxygens (including phenoxy) is 2. The number of nitrogens with one attached hydrogen (secondary N) is 1. The van der Waals surface area contributed by atoms with E-state index in [9.17, 15) is 8.42 Å². The molecule has 140 valence electrons. The van der Waals surface area contributed by atoms with Crippen molar-refractivity contribution in [3.05, 3.63) is 72.6 Å². The van der Waals surface area contributed by atoms with E-state index in [-0.39, 0.29) is 11.4 Å². The second-order valence-electron chi connectivity index (χ2n) is 5.74. The van der Waals surface area contributed by atoms with Crippen molar-refractivity contribution in [2.45, 2.75) is 11.4 Å². The first-order valence-corrected chi connectivity index (χ1v) is 9.73. The standard InChI is InChI=1S/C20H20N2O4S/c1-25-19-10-9-17(12-20(19)26-2)27(23,24)22-14-16-6-3-4-8-18(16)15-7-5-11-21-13-15/h3-13,22H,14H2,1-2H3. The van der Waals surface area contributed by atoms with E-state index in [2.05, 4.69) is 9.71 Å². The second kappa shape index (κ2) is 8.20. The molecule has 1 heterocycles. The summed E-state index contributed by atoms with van der Waals surface area (Å²) in [7, 11) is -0.752. The fourth-order valence-corrected chi connectivity index (χ4v) is 3.74. The zero-order valence-electron chi connectivity index (χ0n) is 15.0. The van der Waals surface area contributed by atoms with Gasteiger partial charge in [-0.3, -0.25) is 4.98 Å². The summed E-state index contributed by atoms with van der Waals surface area (Å²) < 4.78 is 38.4. The van der Waals surface area contributed by atoms with Gasteiger partial charge in [0.15, 0.2) is 11.5 Å². The topological polar surface area (TPSA) is 77.5 Å². The second-order valence-corrected chi connectivity index (χ2v) is 7.51. The molecule has 0 fully saturated rings. The van der Waals surface area contributed by atoms with E-state index < -0.39 is 10.0 Å². The number of aromatic nitrogens is 1. The summed E-state index contributed by atoms with van der Waals surface area (Å²) in [6.45, 7) is 0.155. The lowest BCUT2D eigenvalue weighted by Gasteiger charge is -2.13. The van der Waals surface area contributed by atoms with Crippen molar-refractivity contribution >= 4 is 10.0 Å². The van der Waals surface area contributed by atoms with Gasteiger partial charge in [0, 0.05) is 30.6 Å². The maximum Gasteiger partial charge on any atom is 0.241 e. The van der Waals surface area contributed by atoms with Gasteiger partial charge in [0.1, 0.15) is 0 Å². The maximum absolute atomic E-state index is 12.7. The van der Waals surface area contributed by atoms with Crippen LogP contribution in [0.1, 0.15) is 5.56 Å². The molecule has 0 bridgehead atoms. The lowest BCUT2D eigenvalue weighted by Crippen LogP contribution is -2.23. The third-order valence-corrected chi connectivity index (χ3v) is 5.51. The van der Waals surface area contributed by atoms with Crippen LogP contribution in [-0.4, -0.2) is 27.6 Å². The van der Waals surface area contributed by atoms with Crippen LogP contribution in [0.25, 0.3) is 11.1 Å². The first-order chi connectivity index (χ1) is 13.0. The number of pyridine rings is 1. The van der Waals surface area contributed by atoms with Crippen molar-refractivity contribution in [2.75, 3.05) is 14.2 Å². The molecule has 0 spiro atoms. The molecule has 0 saturated carbocycles. The monoisotopic (exact) mass is 384 g/mol. The number of sulfonamides is 1. The minimum Gasteiger partial charge on any atom is -0.493 e.